The number of anilines is 1. The highest BCUT2D eigenvalue weighted by Crippen LogP contribution is 2.29. The molecule has 0 aliphatic heterocycles. The number of rotatable bonds is 4. The molecule has 0 unspecified atom stereocenters. The van der Waals surface area contributed by atoms with Gasteiger partial charge in [0, 0.05) is 16.5 Å². The summed E-state index contributed by atoms with van der Waals surface area (Å²) in [6.45, 7) is 7.20. The van der Waals surface area contributed by atoms with Crippen molar-refractivity contribution in [3.63, 3.8) is 0 Å². The molecule has 0 fully saturated rings. The van der Waals surface area contributed by atoms with Crippen LogP contribution in [0, 0.1) is 0 Å². The topological polar surface area (TPSA) is 44.5 Å². The Bertz CT molecular complexity index is 558. The lowest BCUT2D eigenvalue weighted by Gasteiger charge is -2.19. The van der Waals surface area contributed by atoms with E-state index in [4.69, 9.17) is 15.2 Å². The summed E-state index contributed by atoms with van der Waals surface area (Å²) in [5.74, 6) is 0.849. The van der Waals surface area contributed by atoms with Crippen LogP contribution in [-0.2, 0) is 4.74 Å². The van der Waals surface area contributed by atoms with E-state index < -0.39 is 0 Å². The molecule has 0 heterocycles. The molecule has 2 aromatic rings. The number of benzene rings is 2. The van der Waals surface area contributed by atoms with E-state index in [0.29, 0.717) is 13.2 Å². The van der Waals surface area contributed by atoms with Gasteiger partial charge in [0.05, 0.1) is 12.2 Å². The molecule has 0 atom stereocenters. The number of fused-ring (bicyclic) bond motifs is 1. The van der Waals surface area contributed by atoms with E-state index in [1.807, 2.05) is 57.2 Å². The van der Waals surface area contributed by atoms with Gasteiger partial charge in [0.2, 0.25) is 0 Å². The summed E-state index contributed by atoms with van der Waals surface area (Å²) in [6, 6.07) is 11.8. The summed E-state index contributed by atoms with van der Waals surface area (Å²) in [7, 11) is 0. The predicted octanol–water partition coefficient (Wildman–Crippen LogP) is 3.62. The predicted molar refractivity (Wildman–Crippen MR) is 79.6 cm³/mol. The molecule has 0 amide bonds. The zero-order valence-electron chi connectivity index (χ0n) is 11.8. The van der Waals surface area contributed by atoms with E-state index in [9.17, 15) is 0 Å². The molecule has 19 heavy (non-hydrogen) atoms. The Hall–Kier alpha value is -1.74. The number of hydrogen-bond donors (Lipinski definition) is 1. The molecule has 2 aromatic carbocycles. The van der Waals surface area contributed by atoms with Crippen molar-refractivity contribution in [3.05, 3.63) is 36.4 Å². The van der Waals surface area contributed by atoms with E-state index in [2.05, 4.69) is 0 Å². The molecule has 0 aliphatic carbocycles. The first kappa shape index (κ1) is 13.7. The van der Waals surface area contributed by atoms with Crippen LogP contribution in [0.2, 0.25) is 0 Å². The number of ether oxygens (including phenoxy) is 2. The van der Waals surface area contributed by atoms with Crippen LogP contribution < -0.4 is 10.5 Å². The van der Waals surface area contributed by atoms with Gasteiger partial charge in [-0.05, 0) is 32.9 Å². The lowest BCUT2D eigenvalue weighted by atomic mass is 10.1. The lowest BCUT2D eigenvalue weighted by Crippen LogP contribution is -2.22. The highest BCUT2D eigenvalue weighted by Gasteiger charge is 2.10. The van der Waals surface area contributed by atoms with Crippen molar-refractivity contribution in [3.8, 4) is 5.75 Å². The van der Waals surface area contributed by atoms with Gasteiger partial charge in [0.1, 0.15) is 12.4 Å². The van der Waals surface area contributed by atoms with Crippen molar-refractivity contribution in [2.45, 2.75) is 26.4 Å². The van der Waals surface area contributed by atoms with Crippen molar-refractivity contribution >= 4 is 16.5 Å². The lowest BCUT2D eigenvalue weighted by molar-refractivity contribution is -0.0161. The molecule has 3 heteroatoms. The fourth-order valence-corrected chi connectivity index (χ4v) is 1.92. The van der Waals surface area contributed by atoms with Gasteiger partial charge in [-0.25, -0.2) is 0 Å². The van der Waals surface area contributed by atoms with Crippen molar-refractivity contribution in [2.75, 3.05) is 18.9 Å². The summed E-state index contributed by atoms with van der Waals surface area (Å²) >= 11 is 0. The fourth-order valence-electron chi connectivity index (χ4n) is 1.92. The Morgan fingerprint density at radius 2 is 1.63 bits per heavy atom. The maximum atomic E-state index is 5.96. The van der Waals surface area contributed by atoms with E-state index in [-0.39, 0.29) is 5.60 Å². The SMILES string of the molecule is CC(C)(C)OCCOc1ccc(N)c2ccccc12. The van der Waals surface area contributed by atoms with Crippen LogP contribution in [0.3, 0.4) is 0 Å². The smallest absolute Gasteiger partial charge is 0.127 e. The number of nitrogen functional groups attached to an aromatic ring is 1. The second kappa shape index (κ2) is 5.49. The maximum Gasteiger partial charge on any atom is 0.127 e. The van der Waals surface area contributed by atoms with Gasteiger partial charge in [0.25, 0.3) is 0 Å². The summed E-state index contributed by atoms with van der Waals surface area (Å²) in [5.41, 5.74) is 6.60. The molecular weight excluding hydrogens is 238 g/mol. The van der Waals surface area contributed by atoms with Crippen LogP contribution in [-0.4, -0.2) is 18.8 Å². The normalized spacial score (nSPS) is 11.7. The Morgan fingerprint density at radius 1 is 0.947 bits per heavy atom. The maximum absolute atomic E-state index is 5.96. The van der Waals surface area contributed by atoms with Crippen LogP contribution in [0.5, 0.6) is 5.75 Å². The van der Waals surface area contributed by atoms with Crippen LogP contribution >= 0.6 is 0 Å². The first-order chi connectivity index (χ1) is 8.97. The average molecular weight is 259 g/mol. The van der Waals surface area contributed by atoms with Crippen molar-refractivity contribution < 1.29 is 9.47 Å². The van der Waals surface area contributed by atoms with Gasteiger partial charge in [-0.2, -0.15) is 0 Å². The molecule has 0 aliphatic rings. The Kier molecular flexibility index (Phi) is 3.96. The Morgan fingerprint density at radius 3 is 2.32 bits per heavy atom. The monoisotopic (exact) mass is 259 g/mol. The molecule has 0 bridgehead atoms. The molecule has 2 rings (SSSR count). The van der Waals surface area contributed by atoms with E-state index in [0.717, 1.165) is 22.2 Å². The van der Waals surface area contributed by atoms with Gasteiger partial charge in [0.15, 0.2) is 0 Å². The minimum atomic E-state index is -0.132. The molecule has 0 spiro atoms. The molecular formula is C16H21NO2. The third-order valence-corrected chi connectivity index (χ3v) is 2.79. The van der Waals surface area contributed by atoms with E-state index >= 15 is 0 Å². The standard InChI is InChI=1S/C16H21NO2/c1-16(2,3)19-11-10-18-15-9-8-14(17)12-6-4-5-7-13(12)15/h4-9H,10-11,17H2,1-3H3. The molecule has 102 valence electrons. The molecule has 0 aromatic heterocycles. The van der Waals surface area contributed by atoms with Crippen LogP contribution in [0.4, 0.5) is 5.69 Å². The zero-order chi connectivity index (χ0) is 13.9. The number of nitrogens with two attached hydrogens (primary N) is 1. The van der Waals surface area contributed by atoms with E-state index in [1.54, 1.807) is 0 Å². The summed E-state index contributed by atoms with van der Waals surface area (Å²) < 4.78 is 11.4. The van der Waals surface area contributed by atoms with Crippen LogP contribution in [0.1, 0.15) is 20.8 Å². The average Bonchev–Trinajstić information content (AvgIpc) is 2.36. The third-order valence-electron chi connectivity index (χ3n) is 2.79. The molecule has 2 N–H and O–H groups in total. The summed E-state index contributed by atoms with van der Waals surface area (Å²) in [5, 5.41) is 2.06. The number of hydrogen-bond acceptors (Lipinski definition) is 3. The van der Waals surface area contributed by atoms with Crippen molar-refractivity contribution in [2.24, 2.45) is 0 Å². The fraction of sp³-hybridized carbons (Fsp3) is 0.375. The molecule has 0 radical (unpaired) electrons. The first-order valence-electron chi connectivity index (χ1n) is 6.51. The van der Waals surface area contributed by atoms with Crippen molar-refractivity contribution in [1.82, 2.24) is 0 Å². The second-order valence-corrected chi connectivity index (χ2v) is 5.51. The van der Waals surface area contributed by atoms with Gasteiger partial charge in [-0.1, -0.05) is 24.3 Å². The minimum absolute atomic E-state index is 0.132. The van der Waals surface area contributed by atoms with Gasteiger partial charge < -0.3 is 15.2 Å². The second-order valence-electron chi connectivity index (χ2n) is 5.51. The summed E-state index contributed by atoms with van der Waals surface area (Å²) in [4.78, 5) is 0. The Balaban J connectivity index is 2.07. The third kappa shape index (κ3) is 3.61. The first-order valence-corrected chi connectivity index (χ1v) is 6.51. The van der Waals surface area contributed by atoms with Crippen molar-refractivity contribution in [1.29, 1.82) is 0 Å². The Labute approximate surface area is 114 Å². The highest BCUT2D eigenvalue weighted by atomic mass is 16.5. The molecule has 3 nitrogen and oxygen atoms in total. The highest BCUT2D eigenvalue weighted by molar-refractivity contribution is 5.96. The van der Waals surface area contributed by atoms with Gasteiger partial charge in [-0.15, -0.1) is 0 Å². The quantitative estimate of drug-likeness (QED) is 0.673. The largest absolute Gasteiger partial charge is 0.491 e. The van der Waals surface area contributed by atoms with Crippen LogP contribution in [0.15, 0.2) is 36.4 Å². The van der Waals surface area contributed by atoms with Crippen LogP contribution in [0.25, 0.3) is 10.8 Å². The molecule has 0 saturated heterocycles. The zero-order valence-corrected chi connectivity index (χ0v) is 11.8. The summed E-state index contributed by atoms with van der Waals surface area (Å²) in [6.07, 6.45) is 0. The molecule has 0 saturated carbocycles. The van der Waals surface area contributed by atoms with Gasteiger partial charge in [-0.3, -0.25) is 0 Å². The van der Waals surface area contributed by atoms with Gasteiger partial charge >= 0.3 is 0 Å². The minimum Gasteiger partial charge on any atom is -0.491 e. The van der Waals surface area contributed by atoms with E-state index in [1.165, 1.54) is 0 Å².